The molecular weight excluding hydrogens is 305 g/mol. The Kier molecular flexibility index (Phi) is 3.46. The number of aromatic nitrogens is 3. The molecule has 0 aliphatic heterocycles. The molecule has 0 amide bonds. The van der Waals surface area contributed by atoms with Crippen molar-refractivity contribution in [1.29, 1.82) is 0 Å². The van der Waals surface area contributed by atoms with E-state index in [-0.39, 0.29) is 11.6 Å². The molecule has 0 aliphatic carbocycles. The first-order chi connectivity index (χ1) is 11.7. The van der Waals surface area contributed by atoms with Crippen molar-refractivity contribution in [2.45, 2.75) is 6.42 Å². The minimum absolute atomic E-state index is 0.205. The number of benzene rings is 2. The molecule has 4 aromatic rings. The van der Waals surface area contributed by atoms with Crippen molar-refractivity contribution >= 4 is 11.2 Å². The smallest absolute Gasteiger partial charge is 0.164 e. The maximum atomic E-state index is 13.1. The number of phenolic OH excluding ortho intramolecular Hbond substituents is 1. The molecule has 2 heterocycles. The third-order valence-electron chi connectivity index (χ3n) is 3.87. The van der Waals surface area contributed by atoms with E-state index in [0.717, 1.165) is 28.2 Å². The lowest BCUT2D eigenvalue weighted by atomic mass is 10.1. The number of halogens is 1. The summed E-state index contributed by atoms with van der Waals surface area (Å²) in [5.41, 5.74) is 3.38. The van der Waals surface area contributed by atoms with Crippen LogP contribution >= 0.6 is 0 Å². The van der Waals surface area contributed by atoms with Gasteiger partial charge in [-0.1, -0.05) is 12.1 Å². The number of fused-ring (bicyclic) bond motifs is 1. The highest BCUT2D eigenvalue weighted by Gasteiger charge is 2.14. The van der Waals surface area contributed by atoms with Crippen molar-refractivity contribution in [3.63, 3.8) is 0 Å². The van der Waals surface area contributed by atoms with Gasteiger partial charge in [0.1, 0.15) is 22.9 Å². The van der Waals surface area contributed by atoms with Crippen LogP contribution in [0.2, 0.25) is 0 Å². The Morgan fingerprint density at radius 1 is 0.958 bits per heavy atom. The summed E-state index contributed by atoms with van der Waals surface area (Å²) in [6, 6.07) is 17.1. The Hall–Kier alpha value is -3.21. The predicted octanol–water partition coefficient (Wildman–Crippen LogP) is 3.86. The van der Waals surface area contributed by atoms with E-state index in [2.05, 4.69) is 9.97 Å². The first-order valence-corrected chi connectivity index (χ1v) is 7.57. The maximum absolute atomic E-state index is 13.1. The largest absolute Gasteiger partial charge is 0.508 e. The van der Waals surface area contributed by atoms with Crippen LogP contribution < -0.4 is 0 Å². The Morgan fingerprint density at radius 3 is 2.46 bits per heavy atom. The monoisotopic (exact) mass is 319 g/mol. The van der Waals surface area contributed by atoms with Crippen LogP contribution in [0.4, 0.5) is 4.39 Å². The van der Waals surface area contributed by atoms with Crippen molar-refractivity contribution in [3.05, 3.63) is 84.1 Å². The number of hydrogen-bond donors (Lipinski definition) is 1. The third-order valence-corrected chi connectivity index (χ3v) is 3.87. The SMILES string of the molecule is Oc1ccc(-n2c(Cc3ccc(F)cc3)nc3cccnc32)cc1. The van der Waals surface area contributed by atoms with E-state index in [1.165, 1.54) is 12.1 Å². The molecule has 2 aromatic heterocycles. The molecule has 4 nitrogen and oxygen atoms in total. The lowest BCUT2D eigenvalue weighted by molar-refractivity contribution is 0.475. The topological polar surface area (TPSA) is 50.9 Å². The highest BCUT2D eigenvalue weighted by molar-refractivity contribution is 5.74. The maximum Gasteiger partial charge on any atom is 0.164 e. The second kappa shape index (κ2) is 5.77. The van der Waals surface area contributed by atoms with Gasteiger partial charge in [0.2, 0.25) is 0 Å². The van der Waals surface area contributed by atoms with Gasteiger partial charge in [-0.3, -0.25) is 4.57 Å². The van der Waals surface area contributed by atoms with Crippen LogP contribution in [0.15, 0.2) is 66.9 Å². The standard InChI is InChI=1S/C19H14FN3O/c20-14-5-3-13(4-6-14)12-18-22-17-2-1-11-21-19(17)23(18)15-7-9-16(24)10-8-15/h1-11,24H,12H2. The average molecular weight is 319 g/mol. The molecule has 0 saturated carbocycles. The molecule has 0 fully saturated rings. The Labute approximate surface area is 137 Å². The summed E-state index contributed by atoms with van der Waals surface area (Å²) in [4.78, 5) is 9.11. The normalized spacial score (nSPS) is 11.0. The van der Waals surface area contributed by atoms with Gasteiger partial charge in [0.05, 0.1) is 0 Å². The summed E-state index contributed by atoms with van der Waals surface area (Å²) in [6.07, 6.45) is 2.28. The zero-order valence-corrected chi connectivity index (χ0v) is 12.7. The van der Waals surface area contributed by atoms with Crippen molar-refractivity contribution in [1.82, 2.24) is 14.5 Å². The minimum Gasteiger partial charge on any atom is -0.508 e. The Bertz CT molecular complexity index is 991. The van der Waals surface area contributed by atoms with Gasteiger partial charge in [-0.2, -0.15) is 0 Å². The molecule has 0 radical (unpaired) electrons. The van der Waals surface area contributed by atoms with Gasteiger partial charge in [-0.05, 0) is 54.1 Å². The number of phenols is 1. The Balaban J connectivity index is 1.86. The van der Waals surface area contributed by atoms with E-state index >= 15 is 0 Å². The summed E-state index contributed by atoms with van der Waals surface area (Å²) < 4.78 is 15.1. The predicted molar refractivity (Wildman–Crippen MR) is 89.7 cm³/mol. The highest BCUT2D eigenvalue weighted by Crippen LogP contribution is 2.23. The van der Waals surface area contributed by atoms with Gasteiger partial charge in [0, 0.05) is 18.3 Å². The van der Waals surface area contributed by atoms with Gasteiger partial charge < -0.3 is 5.11 Å². The molecule has 0 atom stereocenters. The number of pyridine rings is 1. The van der Waals surface area contributed by atoms with Crippen molar-refractivity contribution in [2.24, 2.45) is 0 Å². The number of hydrogen-bond acceptors (Lipinski definition) is 3. The second-order valence-electron chi connectivity index (χ2n) is 5.53. The van der Waals surface area contributed by atoms with Crippen LogP contribution in [0.5, 0.6) is 5.75 Å². The third kappa shape index (κ3) is 2.60. The number of aromatic hydroxyl groups is 1. The molecule has 0 spiro atoms. The summed E-state index contributed by atoms with van der Waals surface area (Å²) in [5.74, 6) is 0.754. The van der Waals surface area contributed by atoms with E-state index < -0.39 is 0 Å². The van der Waals surface area contributed by atoms with E-state index in [1.807, 2.05) is 28.8 Å². The number of nitrogens with zero attached hydrogens (tertiary/aromatic N) is 3. The van der Waals surface area contributed by atoms with E-state index in [4.69, 9.17) is 0 Å². The van der Waals surface area contributed by atoms with Gasteiger partial charge in [-0.15, -0.1) is 0 Å². The van der Waals surface area contributed by atoms with Gasteiger partial charge in [0.15, 0.2) is 5.65 Å². The molecule has 5 heteroatoms. The van der Waals surface area contributed by atoms with E-state index in [9.17, 15) is 9.50 Å². The minimum atomic E-state index is -0.257. The molecular formula is C19H14FN3O. The molecule has 0 bridgehead atoms. The van der Waals surface area contributed by atoms with E-state index in [1.54, 1.807) is 30.5 Å². The van der Waals surface area contributed by atoms with E-state index in [0.29, 0.717) is 6.42 Å². The van der Waals surface area contributed by atoms with Crippen LogP contribution in [-0.2, 0) is 6.42 Å². The van der Waals surface area contributed by atoms with Crippen LogP contribution in [0.3, 0.4) is 0 Å². The van der Waals surface area contributed by atoms with Crippen molar-refractivity contribution < 1.29 is 9.50 Å². The van der Waals surface area contributed by atoms with Crippen LogP contribution in [0.25, 0.3) is 16.9 Å². The van der Waals surface area contributed by atoms with Crippen molar-refractivity contribution in [3.8, 4) is 11.4 Å². The summed E-state index contributed by atoms with van der Waals surface area (Å²) >= 11 is 0. The molecule has 0 unspecified atom stereocenters. The molecule has 2 aromatic carbocycles. The lowest BCUT2D eigenvalue weighted by Gasteiger charge is -2.09. The van der Waals surface area contributed by atoms with Crippen LogP contribution in [0.1, 0.15) is 11.4 Å². The zero-order chi connectivity index (χ0) is 16.5. The first-order valence-electron chi connectivity index (χ1n) is 7.57. The number of rotatable bonds is 3. The summed E-state index contributed by atoms with van der Waals surface area (Å²) in [6.45, 7) is 0. The zero-order valence-electron chi connectivity index (χ0n) is 12.7. The van der Waals surface area contributed by atoms with Gasteiger partial charge in [-0.25, -0.2) is 14.4 Å². The van der Waals surface area contributed by atoms with Crippen LogP contribution in [-0.4, -0.2) is 19.6 Å². The second-order valence-corrected chi connectivity index (χ2v) is 5.53. The lowest BCUT2D eigenvalue weighted by Crippen LogP contribution is -2.03. The summed E-state index contributed by atoms with van der Waals surface area (Å²) in [7, 11) is 0. The highest BCUT2D eigenvalue weighted by atomic mass is 19.1. The summed E-state index contributed by atoms with van der Waals surface area (Å²) in [5, 5.41) is 9.52. The quantitative estimate of drug-likeness (QED) is 0.624. The Morgan fingerprint density at radius 2 is 1.71 bits per heavy atom. The van der Waals surface area contributed by atoms with Crippen molar-refractivity contribution in [2.75, 3.05) is 0 Å². The first kappa shape index (κ1) is 14.4. The fraction of sp³-hybridized carbons (Fsp3) is 0.0526. The molecule has 0 saturated heterocycles. The fourth-order valence-electron chi connectivity index (χ4n) is 2.74. The average Bonchev–Trinajstić information content (AvgIpc) is 2.96. The molecule has 4 rings (SSSR count). The van der Waals surface area contributed by atoms with Gasteiger partial charge >= 0.3 is 0 Å². The number of imidazole rings is 1. The molecule has 118 valence electrons. The van der Waals surface area contributed by atoms with Gasteiger partial charge in [0.25, 0.3) is 0 Å². The fourth-order valence-corrected chi connectivity index (χ4v) is 2.74. The molecule has 0 aliphatic rings. The molecule has 1 N–H and O–H groups in total. The van der Waals surface area contributed by atoms with Crippen LogP contribution in [0, 0.1) is 5.82 Å². The molecule has 24 heavy (non-hydrogen) atoms.